The molecular formula is C17H10F4N4O. The Labute approximate surface area is 144 Å². The first-order chi connectivity index (χ1) is 12.4. The Morgan fingerprint density at radius 2 is 1.65 bits per heavy atom. The summed E-state index contributed by atoms with van der Waals surface area (Å²) in [5.41, 5.74) is -0.113. The molecule has 1 heterocycles. The van der Waals surface area contributed by atoms with E-state index in [4.69, 9.17) is 0 Å². The van der Waals surface area contributed by atoms with Gasteiger partial charge in [0.05, 0.1) is 5.69 Å². The van der Waals surface area contributed by atoms with Crippen LogP contribution in [0.4, 0.5) is 34.8 Å². The van der Waals surface area contributed by atoms with Gasteiger partial charge in [0.2, 0.25) is 0 Å². The lowest BCUT2D eigenvalue weighted by molar-refractivity contribution is 0.102. The average Bonchev–Trinajstić information content (AvgIpc) is 2.61. The van der Waals surface area contributed by atoms with Crippen molar-refractivity contribution in [3.63, 3.8) is 0 Å². The van der Waals surface area contributed by atoms with Gasteiger partial charge in [-0.1, -0.05) is 0 Å². The maximum atomic E-state index is 13.7. The van der Waals surface area contributed by atoms with Gasteiger partial charge in [0.25, 0.3) is 5.91 Å². The van der Waals surface area contributed by atoms with Crippen molar-refractivity contribution in [3.05, 3.63) is 77.8 Å². The number of anilines is 3. The van der Waals surface area contributed by atoms with Gasteiger partial charge in [-0.05, 0) is 24.3 Å². The molecule has 0 saturated heterocycles. The number of hydrogen-bond acceptors (Lipinski definition) is 4. The standard InChI is InChI=1S/C17H10F4N4O/c18-9-1-4-14(13(21)5-9)25-16-7-15(22-8-23-16)17(26)24-10-2-3-11(19)12(20)6-10/h1-8H,(H,24,26)(H,22,23,25). The summed E-state index contributed by atoms with van der Waals surface area (Å²) in [6.07, 6.45) is 1.06. The molecule has 1 aromatic heterocycles. The number of amides is 1. The Kier molecular flexibility index (Phi) is 4.78. The topological polar surface area (TPSA) is 66.9 Å². The first-order valence-corrected chi connectivity index (χ1v) is 7.23. The molecule has 0 bridgehead atoms. The minimum Gasteiger partial charge on any atom is -0.338 e. The molecule has 3 aromatic rings. The van der Waals surface area contributed by atoms with Crippen LogP contribution in [0.15, 0.2) is 48.8 Å². The molecule has 2 N–H and O–H groups in total. The van der Waals surface area contributed by atoms with Crippen molar-refractivity contribution in [2.75, 3.05) is 10.6 Å². The highest BCUT2D eigenvalue weighted by Crippen LogP contribution is 2.20. The molecule has 0 unspecified atom stereocenters. The third-order valence-electron chi connectivity index (χ3n) is 3.27. The van der Waals surface area contributed by atoms with Gasteiger partial charge in [0.15, 0.2) is 11.6 Å². The summed E-state index contributed by atoms with van der Waals surface area (Å²) in [6, 6.07) is 7.02. The summed E-state index contributed by atoms with van der Waals surface area (Å²) in [7, 11) is 0. The predicted molar refractivity (Wildman–Crippen MR) is 86.0 cm³/mol. The molecular weight excluding hydrogens is 352 g/mol. The van der Waals surface area contributed by atoms with Crippen molar-refractivity contribution >= 4 is 23.1 Å². The van der Waals surface area contributed by atoms with Crippen LogP contribution >= 0.6 is 0 Å². The van der Waals surface area contributed by atoms with E-state index in [1.807, 2.05) is 0 Å². The van der Waals surface area contributed by atoms with Gasteiger partial charge in [-0.2, -0.15) is 0 Å². The fourth-order valence-electron chi connectivity index (χ4n) is 2.05. The molecule has 1 amide bonds. The lowest BCUT2D eigenvalue weighted by Gasteiger charge is -2.08. The molecule has 0 spiro atoms. The number of hydrogen-bond donors (Lipinski definition) is 2. The van der Waals surface area contributed by atoms with Crippen LogP contribution in [0.5, 0.6) is 0 Å². The second kappa shape index (κ2) is 7.18. The SMILES string of the molecule is O=C(Nc1ccc(F)c(F)c1)c1cc(Nc2ccc(F)cc2F)ncn1. The summed E-state index contributed by atoms with van der Waals surface area (Å²) in [6.45, 7) is 0. The molecule has 0 aliphatic heterocycles. The second-order valence-corrected chi connectivity index (χ2v) is 5.12. The maximum Gasteiger partial charge on any atom is 0.274 e. The van der Waals surface area contributed by atoms with Crippen molar-refractivity contribution in [3.8, 4) is 0 Å². The van der Waals surface area contributed by atoms with E-state index >= 15 is 0 Å². The third-order valence-corrected chi connectivity index (χ3v) is 3.27. The number of carbonyl (C=O) groups excluding carboxylic acids is 1. The Balaban J connectivity index is 1.77. The van der Waals surface area contributed by atoms with Gasteiger partial charge < -0.3 is 10.6 Å². The number of nitrogens with zero attached hydrogens (tertiary/aromatic N) is 2. The van der Waals surface area contributed by atoms with E-state index in [1.165, 1.54) is 18.2 Å². The number of benzene rings is 2. The zero-order valence-electron chi connectivity index (χ0n) is 12.9. The monoisotopic (exact) mass is 362 g/mol. The van der Waals surface area contributed by atoms with Crippen LogP contribution in [0.3, 0.4) is 0 Å². The quantitative estimate of drug-likeness (QED) is 0.688. The number of carbonyl (C=O) groups is 1. The van der Waals surface area contributed by atoms with Gasteiger partial charge >= 0.3 is 0 Å². The Morgan fingerprint density at radius 1 is 0.846 bits per heavy atom. The van der Waals surface area contributed by atoms with E-state index in [0.717, 1.165) is 24.5 Å². The van der Waals surface area contributed by atoms with Crippen LogP contribution in [0.1, 0.15) is 10.5 Å². The summed E-state index contributed by atoms with van der Waals surface area (Å²) in [5, 5.41) is 4.94. The Hall–Kier alpha value is -3.49. The average molecular weight is 362 g/mol. The van der Waals surface area contributed by atoms with Crippen LogP contribution < -0.4 is 10.6 Å². The first-order valence-electron chi connectivity index (χ1n) is 7.23. The molecule has 5 nitrogen and oxygen atoms in total. The summed E-state index contributed by atoms with van der Waals surface area (Å²) in [4.78, 5) is 19.8. The number of rotatable bonds is 4. The van der Waals surface area contributed by atoms with E-state index in [0.29, 0.717) is 6.07 Å². The second-order valence-electron chi connectivity index (χ2n) is 5.12. The van der Waals surface area contributed by atoms with E-state index < -0.39 is 29.2 Å². The fraction of sp³-hybridized carbons (Fsp3) is 0. The van der Waals surface area contributed by atoms with Gasteiger partial charge in [0, 0.05) is 23.9 Å². The van der Waals surface area contributed by atoms with E-state index in [9.17, 15) is 22.4 Å². The minimum absolute atomic E-state index is 0.0339. The summed E-state index contributed by atoms with van der Waals surface area (Å²) >= 11 is 0. The Bertz CT molecular complexity index is 981. The predicted octanol–water partition coefficient (Wildman–Crippen LogP) is 4.03. The molecule has 132 valence electrons. The van der Waals surface area contributed by atoms with Crippen LogP contribution in [-0.2, 0) is 0 Å². The molecule has 0 fully saturated rings. The van der Waals surface area contributed by atoms with Crippen molar-refractivity contribution in [2.24, 2.45) is 0 Å². The largest absolute Gasteiger partial charge is 0.338 e. The highest BCUT2D eigenvalue weighted by Gasteiger charge is 2.12. The van der Waals surface area contributed by atoms with Crippen LogP contribution in [0.2, 0.25) is 0 Å². The molecule has 0 atom stereocenters. The van der Waals surface area contributed by atoms with Crippen molar-refractivity contribution in [2.45, 2.75) is 0 Å². The van der Waals surface area contributed by atoms with Gasteiger partial charge in [-0.15, -0.1) is 0 Å². The maximum absolute atomic E-state index is 13.7. The van der Waals surface area contributed by atoms with Crippen LogP contribution in [0.25, 0.3) is 0 Å². The van der Waals surface area contributed by atoms with E-state index in [2.05, 4.69) is 20.6 Å². The van der Waals surface area contributed by atoms with Gasteiger partial charge in [-0.25, -0.2) is 27.5 Å². The fourth-order valence-corrected chi connectivity index (χ4v) is 2.05. The first kappa shape index (κ1) is 17.3. The normalized spacial score (nSPS) is 10.5. The lowest BCUT2D eigenvalue weighted by Crippen LogP contribution is -2.14. The van der Waals surface area contributed by atoms with E-state index in [-0.39, 0.29) is 22.9 Å². The summed E-state index contributed by atoms with van der Waals surface area (Å²) in [5.74, 6) is -4.35. The Morgan fingerprint density at radius 3 is 2.38 bits per heavy atom. The molecule has 0 aliphatic rings. The molecule has 3 rings (SSSR count). The van der Waals surface area contributed by atoms with Crippen molar-refractivity contribution in [1.82, 2.24) is 9.97 Å². The number of aromatic nitrogens is 2. The molecule has 26 heavy (non-hydrogen) atoms. The van der Waals surface area contributed by atoms with Crippen LogP contribution in [0, 0.1) is 23.3 Å². The highest BCUT2D eigenvalue weighted by molar-refractivity contribution is 6.03. The molecule has 0 radical (unpaired) electrons. The molecule has 0 saturated carbocycles. The smallest absolute Gasteiger partial charge is 0.274 e. The highest BCUT2D eigenvalue weighted by atomic mass is 19.2. The minimum atomic E-state index is -1.11. The molecule has 0 aliphatic carbocycles. The third kappa shape index (κ3) is 3.94. The zero-order valence-corrected chi connectivity index (χ0v) is 12.9. The summed E-state index contributed by atoms with van der Waals surface area (Å²) < 4.78 is 52.7. The van der Waals surface area contributed by atoms with E-state index in [1.54, 1.807) is 0 Å². The van der Waals surface area contributed by atoms with Gasteiger partial charge in [0.1, 0.15) is 29.5 Å². The van der Waals surface area contributed by atoms with Crippen molar-refractivity contribution < 1.29 is 22.4 Å². The zero-order chi connectivity index (χ0) is 18.7. The lowest BCUT2D eigenvalue weighted by atomic mass is 10.2. The number of nitrogens with one attached hydrogen (secondary N) is 2. The van der Waals surface area contributed by atoms with Crippen molar-refractivity contribution in [1.29, 1.82) is 0 Å². The van der Waals surface area contributed by atoms with Crippen LogP contribution in [-0.4, -0.2) is 15.9 Å². The van der Waals surface area contributed by atoms with Gasteiger partial charge in [-0.3, -0.25) is 4.79 Å². The number of halogens is 4. The molecule has 9 heteroatoms. The molecule has 2 aromatic carbocycles.